The van der Waals surface area contributed by atoms with Crippen molar-refractivity contribution < 1.29 is 9.90 Å². The maximum atomic E-state index is 11.7. The number of aliphatic hydroxyl groups is 1. The lowest BCUT2D eigenvalue weighted by Crippen LogP contribution is -2.53. The number of nitrogens with one attached hydrogen (secondary N) is 1. The fraction of sp³-hybridized carbons (Fsp3) is 0.444. The minimum atomic E-state index is -0.331. The highest BCUT2D eigenvalue weighted by molar-refractivity contribution is 7.17. The molecular weight excluding hydrogens is 200 g/mol. The average Bonchev–Trinajstić information content (AvgIpc) is 2.60. The zero-order valence-electron chi connectivity index (χ0n) is 7.86. The summed E-state index contributed by atoms with van der Waals surface area (Å²) in [5, 5.41) is 13.0. The molecule has 2 heterocycles. The van der Waals surface area contributed by atoms with E-state index in [9.17, 15) is 4.79 Å². The van der Waals surface area contributed by atoms with Gasteiger partial charge in [-0.2, -0.15) is 0 Å². The molecule has 1 saturated heterocycles. The van der Waals surface area contributed by atoms with E-state index >= 15 is 0 Å². The second-order valence-electron chi connectivity index (χ2n) is 3.28. The van der Waals surface area contributed by atoms with Gasteiger partial charge < -0.3 is 15.3 Å². The second kappa shape index (κ2) is 3.59. The topological polar surface area (TPSA) is 52.6 Å². The quantitative estimate of drug-likeness (QED) is 0.755. The van der Waals surface area contributed by atoms with E-state index in [2.05, 4.69) is 5.32 Å². The Labute approximate surface area is 86.2 Å². The van der Waals surface area contributed by atoms with Crippen LogP contribution in [0.15, 0.2) is 12.1 Å². The number of aliphatic hydroxyl groups excluding tert-OH is 1. The van der Waals surface area contributed by atoms with Gasteiger partial charge in [-0.1, -0.05) is 0 Å². The number of likely N-dealkylation sites (tertiary alicyclic amines) is 1. The molecule has 1 fully saturated rings. The van der Waals surface area contributed by atoms with Crippen LogP contribution in [-0.2, 0) is 0 Å². The highest BCUT2D eigenvalue weighted by Crippen LogP contribution is 2.24. The lowest BCUT2D eigenvalue weighted by atomic mass is 10.1. The maximum absolute atomic E-state index is 11.7. The molecule has 0 atom stereocenters. The smallest absolute Gasteiger partial charge is 0.264 e. The van der Waals surface area contributed by atoms with Crippen molar-refractivity contribution in [1.82, 2.24) is 4.90 Å². The molecule has 1 aliphatic rings. The number of β-amino-alcohol motifs (C(OH)–C–C–N with tert-alkyl or cyclic N) is 1. The molecule has 1 aromatic heterocycles. The molecule has 4 nitrogen and oxygen atoms in total. The van der Waals surface area contributed by atoms with Crippen molar-refractivity contribution >= 4 is 22.2 Å². The maximum Gasteiger partial charge on any atom is 0.264 e. The lowest BCUT2D eigenvalue weighted by Gasteiger charge is -2.35. The first kappa shape index (κ1) is 9.48. The third kappa shape index (κ3) is 1.60. The van der Waals surface area contributed by atoms with Crippen LogP contribution in [0.4, 0.5) is 5.00 Å². The third-order valence-corrected chi connectivity index (χ3v) is 3.30. The fourth-order valence-electron chi connectivity index (χ4n) is 1.36. The van der Waals surface area contributed by atoms with Crippen molar-refractivity contribution in [2.24, 2.45) is 0 Å². The Balaban J connectivity index is 2.04. The average molecular weight is 212 g/mol. The van der Waals surface area contributed by atoms with E-state index in [1.54, 1.807) is 4.90 Å². The molecule has 1 aliphatic heterocycles. The number of rotatable bonds is 2. The Bertz CT molecular complexity index is 344. The van der Waals surface area contributed by atoms with Gasteiger partial charge in [0.05, 0.1) is 16.0 Å². The van der Waals surface area contributed by atoms with E-state index in [-0.39, 0.29) is 12.0 Å². The van der Waals surface area contributed by atoms with Crippen LogP contribution in [-0.4, -0.2) is 42.2 Å². The number of hydrogen-bond acceptors (Lipinski definition) is 4. The summed E-state index contributed by atoms with van der Waals surface area (Å²) >= 11 is 1.44. The number of amides is 1. The van der Waals surface area contributed by atoms with Gasteiger partial charge in [-0.3, -0.25) is 4.79 Å². The van der Waals surface area contributed by atoms with Gasteiger partial charge in [0.25, 0.3) is 5.91 Å². The van der Waals surface area contributed by atoms with Crippen LogP contribution in [0.2, 0.25) is 0 Å². The molecule has 0 radical (unpaired) electrons. The number of hydrogen-bond donors (Lipinski definition) is 2. The van der Waals surface area contributed by atoms with Crippen molar-refractivity contribution in [3.63, 3.8) is 0 Å². The first-order valence-electron chi connectivity index (χ1n) is 4.45. The summed E-state index contributed by atoms with van der Waals surface area (Å²) in [5.41, 5.74) is 0. The van der Waals surface area contributed by atoms with Gasteiger partial charge in [-0.05, 0) is 12.1 Å². The second-order valence-corrected chi connectivity index (χ2v) is 4.36. The molecule has 1 amide bonds. The summed E-state index contributed by atoms with van der Waals surface area (Å²) in [6, 6.07) is 3.69. The first-order valence-corrected chi connectivity index (χ1v) is 5.27. The fourth-order valence-corrected chi connectivity index (χ4v) is 2.19. The molecule has 5 heteroatoms. The van der Waals surface area contributed by atoms with Gasteiger partial charge in [0.1, 0.15) is 0 Å². The summed E-state index contributed by atoms with van der Waals surface area (Å²) in [5.74, 6) is 0.0156. The zero-order chi connectivity index (χ0) is 10.1. The third-order valence-electron chi connectivity index (χ3n) is 2.21. The van der Waals surface area contributed by atoms with Gasteiger partial charge in [0.2, 0.25) is 0 Å². The van der Waals surface area contributed by atoms with Gasteiger partial charge in [-0.15, -0.1) is 11.3 Å². The lowest BCUT2D eigenvalue weighted by molar-refractivity contribution is 0.00623. The van der Waals surface area contributed by atoms with Crippen LogP contribution in [0.1, 0.15) is 9.67 Å². The van der Waals surface area contributed by atoms with Crippen molar-refractivity contribution in [2.45, 2.75) is 6.10 Å². The van der Waals surface area contributed by atoms with Gasteiger partial charge >= 0.3 is 0 Å². The predicted octanol–water partition coefficient (Wildman–Crippen LogP) is 0.607. The number of nitrogens with zero attached hydrogens (tertiary/aromatic N) is 1. The molecule has 0 aromatic carbocycles. The van der Waals surface area contributed by atoms with Crippen LogP contribution in [0, 0.1) is 0 Å². The molecule has 0 saturated carbocycles. The molecule has 0 bridgehead atoms. The molecule has 0 spiro atoms. The van der Waals surface area contributed by atoms with Crippen molar-refractivity contribution in [3.8, 4) is 0 Å². The normalized spacial score (nSPS) is 16.6. The predicted molar refractivity (Wildman–Crippen MR) is 55.8 cm³/mol. The van der Waals surface area contributed by atoms with Crippen molar-refractivity contribution in [2.75, 3.05) is 25.5 Å². The number of carbonyl (C=O) groups is 1. The minimum Gasteiger partial charge on any atom is -0.389 e. The van der Waals surface area contributed by atoms with Crippen LogP contribution in [0.3, 0.4) is 0 Å². The monoisotopic (exact) mass is 212 g/mol. The Morgan fingerprint density at radius 2 is 2.36 bits per heavy atom. The largest absolute Gasteiger partial charge is 0.389 e. The summed E-state index contributed by atoms with van der Waals surface area (Å²) in [4.78, 5) is 14.1. The van der Waals surface area contributed by atoms with Gasteiger partial charge in [0, 0.05) is 20.1 Å². The standard InChI is InChI=1S/C9H12N2O2S/c1-10-8-3-2-7(14-8)9(13)11-4-6(12)5-11/h2-3,6,10,12H,4-5H2,1H3. The van der Waals surface area contributed by atoms with E-state index in [1.165, 1.54) is 11.3 Å². The molecule has 76 valence electrons. The van der Waals surface area contributed by atoms with Crippen LogP contribution in [0.5, 0.6) is 0 Å². The summed E-state index contributed by atoms with van der Waals surface area (Å²) in [6.45, 7) is 0.928. The van der Waals surface area contributed by atoms with E-state index < -0.39 is 0 Å². The highest BCUT2D eigenvalue weighted by atomic mass is 32.1. The molecule has 2 rings (SSSR count). The Hall–Kier alpha value is -1.07. The SMILES string of the molecule is CNc1ccc(C(=O)N2CC(O)C2)s1. The molecular formula is C9H12N2O2S. The molecule has 2 N–H and O–H groups in total. The Morgan fingerprint density at radius 3 is 2.86 bits per heavy atom. The molecule has 1 aromatic rings. The minimum absolute atomic E-state index is 0.0156. The van der Waals surface area contributed by atoms with E-state index in [1.807, 2.05) is 19.2 Å². The summed E-state index contributed by atoms with van der Waals surface area (Å²) < 4.78 is 0. The first-order chi connectivity index (χ1) is 6.70. The van der Waals surface area contributed by atoms with E-state index in [0.717, 1.165) is 9.88 Å². The van der Waals surface area contributed by atoms with Crippen LogP contribution in [0.25, 0.3) is 0 Å². The van der Waals surface area contributed by atoms with Crippen LogP contribution < -0.4 is 5.32 Å². The summed E-state index contributed by atoms with van der Waals surface area (Å²) in [7, 11) is 1.83. The highest BCUT2D eigenvalue weighted by Gasteiger charge is 2.30. The number of carbonyl (C=O) groups excluding carboxylic acids is 1. The van der Waals surface area contributed by atoms with Crippen molar-refractivity contribution in [3.05, 3.63) is 17.0 Å². The van der Waals surface area contributed by atoms with E-state index in [0.29, 0.717) is 13.1 Å². The molecule has 0 unspecified atom stereocenters. The van der Waals surface area contributed by atoms with E-state index in [4.69, 9.17) is 5.11 Å². The zero-order valence-corrected chi connectivity index (χ0v) is 8.67. The van der Waals surface area contributed by atoms with Crippen LogP contribution >= 0.6 is 11.3 Å². The number of thiophene rings is 1. The Kier molecular flexibility index (Phi) is 2.43. The molecule has 14 heavy (non-hydrogen) atoms. The summed E-state index contributed by atoms with van der Waals surface area (Å²) in [6.07, 6.45) is -0.331. The molecule has 0 aliphatic carbocycles. The Morgan fingerprint density at radius 1 is 1.64 bits per heavy atom. The van der Waals surface area contributed by atoms with Crippen molar-refractivity contribution in [1.29, 1.82) is 0 Å². The van der Waals surface area contributed by atoms with Gasteiger partial charge in [-0.25, -0.2) is 0 Å². The number of anilines is 1. The van der Waals surface area contributed by atoms with Gasteiger partial charge in [0.15, 0.2) is 0 Å².